The molecule has 0 aliphatic rings. The molecule has 0 amide bonds. The fraction of sp³-hybridized carbons (Fsp3) is 0.0952. The SMILES string of the molecule is Cc1ccc(-c2nnn(Cc3ccc(-c4ccccc4)cc3)n2)cc1. The highest BCUT2D eigenvalue weighted by Crippen LogP contribution is 2.19. The van der Waals surface area contributed by atoms with Gasteiger partial charge >= 0.3 is 0 Å². The number of nitrogens with zero attached hydrogens (tertiary/aromatic N) is 4. The maximum absolute atomic E-state index is 4.48. The molecule has 0 spiro atoms. The lowest BCUT2D eigenvalue weighted by Gasteiger charge is -2.04. The maximum Gasteiger partial charge on any atom is 0.204 e. The van der Waals surface area contributed by atoms with Gasteiger partial charge in [-0.15, -0.1) is 10.2 Å². The Labute approximate surface area is 146 Å². The van der Waals surface area contributed by atoms with Crippen LogP contribution in [0.4, 0.5) is 0 Å². The highest BCUT2D eigenvalue weighted by molar-refractivity contribution is 5.63. The predicted octanol–water partition coefficient (Wildman–Crippen LogP) is 4.36. The molecule has 4 aromatic rings. The highest BCUT2D eigenvalue weighted by Gasteiger charge is 2.06. The van der Waals surface area contributed by atoms with E-state index in [2.05, 4.69) is 83.0 Å². The average Bonchev–Trinajstić information content (AvgIpc) is 3.12. The Kier molecular flexibility index (Phi) is 4.09. The van der Waals surface area contributed by atoms with Crippen molar-refractivity contribution in [2.45, 2.75) is 13.5 Å². The summed E-state index contributed by atoms with van der Waals surface area (Å²) in [6.07, 6.45) is 0. The molecular weight excluding hydrogens is 308 g/mol. The summed E-state index contributed by atoms with van der Waals surface area (Å²) in [5, 5.41) is 12.8. The molecule has 0 saturated carbocycles. The molecule has 1 heterocycles. The summed E-state index contributed by atoms with van der Waals surface area (Å²) in [4.78, 5) is 1.63. The number of aromatic nitrogens is 4. The standard InChI is InChI=1S/C21H18N4/c1-16-7-11-20(12-8-16)21-22-24-25(23-21)15-17-9-13-19(14-10-17)18-5-3-2-4-6-18/h2-14H,15H2,1H3. The minimum Gasteiger partial charge on any atom is -0.159 e. The average molecular weight is 326 g/mol. The largest absolute Gasteiger partial charge is 0.204 e. The second-order valence-electron chi connectivity index (χ2n) is 6.07. The molecule has 0 unspecified atom stereocenters. The highest BCUT2D eigenvalue weighted by atomic mass is 15.6. The number of aryl methyl sites for hydroxylation is 1. The van der Waals surface area contributed by atoms with Crippen LogP contribution in [0.1, 0.15) is 11.1 Å². The molecule has 4 rings (SSSR count). The number of hydrogen-bond donors (Lipinski definition) is 0. The zero-order valence-corrected chi connectivity index (χ0v) is 14.0. The normalized spacial score (nSPS) is 10.8. The smallest absolute Gasteiger partial charge is 0.159 e. The molecule has 0 N–H and O–H groups in total. The van der Waals surface area contributed by atoms with E-state index in [1.807, 2.05) is 18.2 Å². The first-order valence-electron chi connectivity index (χ1n) is 8.27. The van der Waals surface area contributed by atoms with Crippen molar-refractivity contribution in [1.29, 1.82) is 0 Å². The molecule has 1 aromatic heterocycles. The van der Waals surface area contributed by atoms with E-state index < -0.39 is 0 Å². The van der Waals surface area contributed by atoms with Crippen molar-refractivity contribution in [2.24, 2.45) is 0 Å². The molecule has 0 fully saturated rings. The van der Waals surface area contributed by atoms with Crippen LogP contribution in [0.3, 0.4) is 0 Å². The number of rotatable bonds is 4. The lowest BCUT2D eigenvalue weighted by Crippen LogP contribution is -2.03. The van der Waals surface area contributed by atoms with Crippen molar-refractivity contribution in [3.8, 4) is 22.5 Å². The summed E-state index contributed by atoms with van der Waals surface area (Å²) >= 11 is 0. The number of benzene rings is 3. The minimum atomic E-state index is 0.605. The van der Waals surface area contributed by atoms with Crippen LogP contribution in [0.5, 0.6) is 0 Å². The van der Waals surface area contributed by atoms with Crippen molar-refractivity contribution in [3.63, 3.8) is 0 Å². The van der Waals surface area contributed by atoms with E-state index in [1.54, 1.807) is 4.80 Å². The summed E-state index contributed by atoms with van der Waals surface area (Å²) < 4.78 is 0. The molecule has 122 valence electrons. The van der Waals surface area contributed by atoms with Crippen molar-refractivity contribution in [1.82, 2.24) is 20.2 Å². The molecule has 0 saturated heterocycles. The van der Waals surface area contributed by atoms with Crippen LogP contribution in [0.25, 0.3) is 22.5 Å². The van der Waals surface area contributed by atoms with E-state index in [-0.39, 0.29) is 0 Å². The van der Waals surface area contributed by atoms with Gasteiger partial charge in [0.2, 0.25) is 5.82 Å². The molecule has 0 bridgehead atoms. The van der Waals surface area contributed by atoms with Crippen LogP contribution < -0.4 is 0 Å². The molecule has 3 aromatic carbocycles. The van der Waals surface area contributed by atoms with Crippen LogP contribution in [-0.2, 0) is 6.54 Å². The van der Waals surface area contributed by atoms with Gasteiger partial charge in [-0.2, -0.15) is 4.80 Å². The molecule has 4 heteroatoms. The quantitative estimate of drug-likeness (QED) is 0.559. The van der Waals surface area contributed by atoms with Crippen LogP contribution in [0.2, 0.25) is 0 Å². The second kappa shape index (κ2) is 6.69. The topological polar surface area (TPSA) is 43.6 Å². The van der Waals surface area contributed by atoms with Crippen LogP contribution >= 0.6 is 0 Å². The van der Waals surface area contributed by atoms with Gasteiger partial charge in [0.25, 0.3) is 0 Å². The monoisotopic (exact) mass is 326 g/mol. The van der Waals surface area contributed by atoms with E-state index in [9.17, 15) is 0 Å². The van der Waals surface area contributed by atoms with E-state index >= 15 is 0 Å². The third-order valence-corrected chi connectivity index (χ3v) is 4.15. The molecule has 0 aliphatic heterocycles. The Bertz CT molecular complexity index is 955. The zero-order valence-electron chi connectivity index (χ0n) is 14.0. The van der Waals surface area contributed by atoms with Crippen LogP contribution in [-0.4, -0.2) is 20.2 Å². The zero-order chi connectivity index (χ0) is 17.1. The fourth-order valence-electron chi connectivity index (χ4n) is 2.72. The summed E-state index contributed by atoms with van der Waals surface area (Å²) in [7, 11) is 0. The summed E-state index contributed by atoms with van der Waals surface area (Å²) in [6, 6.07) is 27.0. The first-order valence-corrected chi connectivity index (χ1v) is 8.27. The van der Waals surface area contributed by atoms with Crippen molar-refractivity contribution in [2.75, 3.05) is 0 Å². The molecular formula is C21H18N4. The van der Waals surface area contributed by atoms with Crippen molar-refractivity contribution in [3.05, 3.63) is 90.0 Å². The van der Waals surface area contributed by atoms with Gasteiger partial charge in [-0.1, -0.05) is 84.4 Å². The predicted molar refractivity (Wildman–Crippen MR) is 99.0 cm³/mol. The molecule has 0 atom stereocenters. The van der Waals surface area contributed by atoms with Gasteiger partial charge in [0.05, 0.1) is 6.54 Å². The van der Waals surface area contributed by atoms with E-state index in [0.717, 1.165) is 11.1 Å². The van der Waals surface area contributed by atoms with Crippen LogP contribution in [0.15, 0.2) is 78.9 Å². The van der Waals surface area contributed by atoms with Crippen LogP contribution in [0, 0.1) is 6.92 Å². The molecule has 25 heavy (non-hydrogen) atoms. The minimum absolute atomic E-state index is 0.605. The first-order chi connectivity index (χ1) is 12.3. The van der Waals surface area contributed by atoms with Gasteiger partial charge in [-0.25, -0.2) is 0 Å². The second-order valence-corrected chi connectivity index (χ2v) is 6.07. The lowest BCUT2D eigenvalue weighted by atomic mass is 10.0. The summed E-state index contributed by atoms with van der Waals surface area (Å²) in [5.74, 6) is 0.654. The maximum atomic E-state index is 4.48. The van der Waals surface area contributed by atoms with Gasteiger partial charge < -0.3 is 0 Å². The van der Waals surface area contributed by atoms with E-state index in [1.165, 1.54) is 16.7 Å². The third-order valence-electron chi connectivity index (χ3n) is 4.15. The Morgan fingerprint density at radius 1 is 0.720 bits per heavy atom. The summed E-state index contributed by atoms with van der Waals surface area (Å²) in [6.45, 7) is 2.67. The fourth-order valence-corrected chi connectivity index (χ4v) is 2.72. The molecule has 4 nitrogen and oxygen atoms in total. The summed E-state index contributed by atoms with van der Waals surface area (Å²) in [5.41, 5.74) is 5.77. The van der Waals surface area contributed by atoms with Gasteiger partial charge in [0.1, 0.15) is 0 Å². The van der Waals surface area contributed by atoms with Gasteiger partial charge in [0, 0.05) is 5.56 Å². The van der Waals surface area contributed by atoms with Gasteiger partial charge in [0.15, 0.2) is 0 Å². The Morgan fingerprint density at radius 3 is 2.08 bits per heavy atom. The number of tetrazole rings is 1. The number of hydrogen-bond acceptors (Lipinski definition) is 3. The Balaban J connectivity index is 1.50. The van der Waals surface area contributed by atoms with E-state index in [4.69, 9.17) is 0 Å². The van der Waals surface area contributed by atoms with Crippen molar-refractivity contribution < 1.29 is 0 Å². The lowest BCUT2D eigenvalue weighted by molar-refractivity contribution is 0.573. The van der Waals surface area contributed by atoms with Gasteiger partial charge in [-0.05, 0) is 28.8 Å². The molecule has 0 radical (unpaired) electrons. The first kappa shape index (κ1) is 15.3. The van der Waals surface area contributed by atoms with Gasteiger partial charge in [-0.3, -0.25) is 0 Å². The molecule has 0 aliphatic carbocycles. The Morgan fingerprint density at radius 2 is 1.36 bits per heavy atom. The Hall–Kier alpha value is -3.27. The van der Waals surface area contributed by atoms with E-state index in [0.29, 0.717) is 12.4 Å². The van der Waals surface area contributed by atoms with Crippen molar-refractivity contribution >= 4 is 0 Å². The third kappa shape index (κ3) is 3.48.